The predicted octanol–water partition coefficient (Wildman–Crippen LogP) is 2.41. The first-order valence-electron chi connectivity index (χ1n) is 5.19. The van der Waals surface area contributed by atoms with Gasteiger partial charge in [0, 0.05) is 17.5 Å². The highest BCUT2D eigenvalue weighted by Gasteiger charge is 2.10. The summed E-state index contributed by atoms with van der Waals surface area (Å²) in [4.78, 5) is 7.12. The van der Waals surface area contributed by atoms with Gasteiger partial charge in [-0.05, 0) is 17.5 Å². The van der Waals surface area contributed by atoms with Gasteiger partial charge in [-0.2, -0.15) is 0 Å². The third kappa shape index (κ3) is 2.81. The Hall–Kier alpha value is -1.46. The molecule has 0 amide bonds. The molecule has 0 aliphatic carbocycles. The highest BCUT2D eigenvalue weighted by atomic mass is 32.1. The molecule has 2 aromatic heterocycles. The normalized spacial score (nSPS) is 10.5. The van der Waals surface area contributed by atoms with Crippen molar-refractivity contribution >= 4 is 17.2 Å². The van der Waals surface area contributed by atoms with Gasteiger partial charge in [0.15, 0.2) is 0 Å². The minimum atomic E-state index is -0.428. The molecule has 0 aliphatic rings. The Bertz CT molecular complexity index is 487. The molecule has 0 spiro atoms. The Morgan fingerprint density at radius 3 is 3.00 bits per heavy atom. The van der Waals surface area contributed by atoms with E-state index in [1.165, 1.54) is 17.1 Å². The summed E-state index contributed by atoms with van der Waals surface area (Å²) in [6.45, 7) is 0.484. The van der Waals surface area contributed by atoms with Gasteiger partial charge in [-0.15, -0.1) is 11.3 Å². The zero-order valence-corrected chi connectivity index (χ0v) is 10.2. The number of nitrogens with zero attached hydrogens (tertiary/aromatic N) is 2. The summed E-state index contributed by atoms with van der Waals surface area (Å²) in [7, 11) is 1.87. The minimum Gasteiger partial charge on any atom is -0.392 e. The molecule has 0 saturated carbocycles. The maximum Gasteiger partial charge on any atom is 0.142 e. The Morgan fingerprint density at radius 1 is 1.53 bits per heavy atom. The monoisotopic (exact) mass is 252 g/mol. The highest BCUT2D eigenvalue weighted by molar-refractivity contribution is 7.09. The molecular formula is C12H13FN2OS. The second kappa shape index (κ2) is 5.25. The van der Waals surface area contributed by atoms with E-state index < -0.39 is 5.82 Å². The predicted molar refractivity (Wildman–Crippen MR) is 66.5 cm³/mol. The van der Waals surface area contributed by atoms with Crippen molar-refractivity contribution < 1.29 is 9.50 Å². The number of rotatable bonds is 4. The quantitative estimate of drug-likeness (QED) is 0.907. The van der Waals surface area contributed by atoms with Crippen LogP contribution >= 0.6 is 11.3 Å². The molecule has 90 valence electrons. The molecule has 0 unspecified atom stereocenters. The van der Waals surface area contributed by atoms with E-state index in [-0.39, 0.29) is 6.61 Å². The molecule has 17 heavy (non-hydrogen) atoms. The van der Waals surface area contributed by atoms with Gasteiger partial charge in [-0.1, -0.05) is 6.07 Å². The van der Waals surface area contributed by atoms with Gasteiger partial charge in [-0.25, -0.2) is 9.37 Å². The lowest BCUT2D eigenvalue weighted by Gasteiger charge is -2.19. The van der Waals surface area contributed by atoms with E-state index in [1.54, 1.807) is 11.3 Å². The number of aromatic nitrogens is 1. The number of aliphatic hydroxyl groups excluding tert-OH is 1. The fourth-order valence-corrected chi connectivity index (χ4v) is 2.40. The summed E-state index contributed by atoms with van der Waals surface area (Å²) in [5.74, 6) is 0.185. The first-order chi connectivity index (χ1) is 8.20. The van der Waals surface area contributed by atoms with Gasteiger partial charge < -0.3 is 10.0 Å². The van der Waals surface area contributed by atoms with E-state index >= 15 is 0 Å². The molecule has 3 nitrogen and oxygen atoms in total. The number of hydrogen-bond acceptors (Lipinski definition) is 4. The van der Waals surface area contributed by atoms with Crippen molar-refractivity contribution in [3.63, 3.8) is 0 Å². The average molecular weight is 252 g/mol. The molecule has 2 heterocycles. The Kier molecular flexibility index (Phi) is 3.71. The van der Waals surface area contributed by atoms with Crippen LogP contribution in [0.25, 0.3) is 0 Å². The molecule has 1 N–H and O–H groups in total. The van der Waals surface area contributed by atoms with Crippen LogP contribution in [0.1, 0.15) is 10.4 Å². The topological polar surface area (TPSA) is 36.4 Å². The molecular weight excluding hydrogens is 239 g/mol. The standard InChI is InChI=1S/C12H13FN2OS/c1-15(7-11-3-2-4-17-11)12-9(8-16)5-10(13)6-14-12/h2-6,16H,7-8H2,1H3. The van der Waals surface area contributed by atoms with Crippen LogP contribution in [0.3, 0.4) is 0 Å². The van der Waals surface area contributed by atoms with Gasteiger partial charge >= 0.3 is 0 Å². The summed E-state index contributed by atoms with van der Waals surface area (Å²) in [6.07, 6.45) is 1.17. The fraction of sp³-hybridized carbons (Fsp3) is 0.250. The van der Waals surface area contributed by atoms with Crippen LogP contribution in [0.15, 0.2) is 29.8 Å². The van der Waals surface area contributed by atoms with Crippen molar-refractivity contribution in [3.8, 4) is 0 Å². The third-order valence-electron chi connectivity index (χ3n) is 2.41. The van der Waals surface area contributed by atoms with E-state index in [9.17, 15) is 9.50 Å². The summed E-state index contributed by atoms with van der Waals surface area (Å²) >= 11 is 1.66. The SMILES string of the molecule is CN(Cc1cccs1)c1ncc(F)cc1CO. The minimum absolute atomic E-state index is 0.213. The zero-order chi connectivity index (χ0) is 12.3. The average Bonchev–Trinajstić information content (AvgIpc) is 2.81. The Labute approximate surface area is 103 Å². The molecule has 0 radical (unpaired) electrons. The molecule has 2 rings (SSSR count). The van der Waals surface area contributed by atoms with Gasteiger partial charge in [0.25, 0.3) is 0 Å². The van der Waals surface area contributed by atoms with E-state index in [4.69, 9.17) is 0 Å². The van der Waals surface area contributed by atoms with Crippen molar-refractivity contribution in [2.75, 3.05) is 11.9 Å². The lowest BCUT2D eigenvalue weighted by atomic mass is 10.2. The molecule has 0 bridgehead atoms. The number of halogens is 1. The second-order valence-electron chi connectivity index (χ2n) is 3.73. The molecule has 0 atom stereocenters. The summed E-state index contributed by atoms with van der Waals surface area (Å²) in [5.41, 5.74) is 0.504. The van der Waals surface area contributed by atoms with E-state index in [2.05, 4.69) is 4.98 Å². The van der Waals surface area contributed by atoms with Crippen molar-refractivity contribution in [2.45, 2.75) is 13.2 Å². The number of pyridine rings is 1. The van der Waals surface area contributed by atoms with Crippen LogP contribution in [0.2, 0.25) is 0 Å². The van der Waals surface area contributed by atoms with Crippen molar-refractivity contribution in [1.82, 2.24) is 4.98 Å². The third-order valence-corrected chi connectivity index (χ3v) is 3.28. The molecule has 2 aromatic rings. The first-order valence-corrected chi connectivity index (χ1v) is 6.07. The van der Waals surface area contributed by atoms with Crippen LogP contribution < -0.4 is 4.90 Å². The van der Waals surface area contributed by atoms with E-state index in [0.717, 1.165) is 0 Å². The molecule has 5 heteroatoms. The zero-order valence-electron chi connectivity index (χ0n) is 9.43. The number of hydrogen-bond donors (Lipinski definition) is 1. The molecule has 0 aromatic carbocycles. The van der Waals surface area contributed by atoms with Gasteiger partial charge in [0.2, 0.25) is 0 Å². The summed E-state index contributed by atoms with van der Waals surface area (Å²) in [6, 6.07) is 5.33. The Morgan fingerprint density at radius 2 is 2.35 bits per heavy atom. The van der Waals surface area contributed by atoms with Gasteiger partial charge in [0.1, 0.15) is 11.6 Å². The highest BCUT2D eigenvalue weighted by Crippen LogP contribution is 2.20. The van der Waals surface area contributed by atoms with Crippen LogP contribution in [0, 0.1) is 5.82 Å². The molecule has 0 aliphatic heterocycles. The first kappa shape index (κ1) is 12.0. The van der Waals surface area contributed by atoms with Crippen LogP contribution in [0.5, 0.6) is 0 Å². The summed E-state index contributed by atoms with van der Waals surface area (Å²) in [5, 5.41) is 11.2. The lowest BCUT2D eigenvalue weighted by molar-refractivity contribution is 0.281. The molecule has 0 saturated heterocycles. The van der Waals surface area contributed by atoms with Crippen LogP contribution in [0.4, 0.5) is 10.2 Å². The van der Waals surface area contributed by atoms with Crippen molar-refractivity contribution in [1.29, 1.82) is 0 Å². The lowest BCUT2D eigenvalue weighted by Crippen LogP contribution is -2.19. The van der Waals surface area contributed by atoms with E-state index in [0.29, 0.717) is 17.9 Å². The second-order valence-corrected chi connectivity index (χ2v) is 4.76. The van der Waals surface area contributed by atoms with Crippen molar-refractivity contribution in [3.05, 3.63) is 46.0 Å². The van der Waals surface area contributed by atoms with Crippen LogP contribution in [-0.4, -0.2) is 17.1 Å². The van der Waals surface area contributed by atoms with E-state index in [1.807, 2.05) is 29.5 Å². The maximum absolute atomic E-state index is 13.0. The van der Waals surface area contributed by atoms with Crippen molar-refractivity contribution in [2.24, 2.45) is 0 Å². The number of anilines is 1. The molecule has 0 fully saturated rings. The Balaban J connectivity index is 2.21. The summed E-state index contributed by atoms with van der Waals surface area (Å²) < 4.78 is 13.0. The maximum atomic E-state index is 13.0. The fourth-order valence-electron chi connectivity index (χ4n) is 1.65. The van der Waals surface area contributed by atoms with Crippen LogP contribution in [-0.2, 0) is 13.2 Å². The number of aliphatic hydroxyl groups is 1. The van der Waals surface area contributed by atoms with Gasteiger partial charge in [0.05, 0.1) is 19.3 Å². The van der Waals surface area contributed by atoms with Gasteiger partial charge in [-0.3, -0.25) is 0 Å². The smallest absolute Gasteiger partial charge is 0.142 e. The largest absolute Gasteiger partial charge is 0.392 e. The number of thiophene rings is 1.